The molecular weight excluding hydrogens is 214 g/mol. The topological polar surface area (TPSA) is 50.3 Å². The molecule has 0 amide bonds. The van der Waals surface area contributed by atoms with Gasteiger partial charge in [-0.3, -0.25) is 5.10 Å². The highest BCUT2D eigenvalue weighted by Gasteiger charge is 2.11. The van der Waals surface area contributed by atoms with Crippen LogP contribution in [0, 0.1) is 0 Å². The van der Waals surface area contributed by atoms with Crippen molar-refractivity contribution in [1.82, 2.24) is 10.2 Å². The average Bonchev–Trinajstić information content (AvgIpc) is 2.71. The van der Waals surface area contributed by atoms with Crippen LogP contribution >= 0.6 is 0 Å². The van der Waals surface area contributed by atoms with E-state index in [0.29, 0.717) is 6.61 Å². The fourth-order valence-electron chi connectivity index (χ4n) is 1.81. The maximum atomic E-state index is 5.46. The van der Waals surface area contributed by atoms with Gasteiger partial charge in [-0.1, -0.05) is 27.2 Å². The molecule has 1 N–H and O–H groups in total. The minimum absolute atomic E-state index is 0.653. The molecule has 0 bridgehead atoms. The first-order valence-electron chi connectivity index (χ1n) is 6.53. The van der Waals surface area contributed by atoms with Gasteiger partial charge in [-0.25, -0.2) is 0 Å². The van der Waals surface area contributed by atoms with Crippen LogP contribution in [-0.4, -0.2) is 22.7 Å². The Labute approximate surface area is 103 Å². The second-order valence-corrected chi connectivity index (χ2v) is 3.90. The highest BCUT2D eigenvalue weighted by Crippen LogP contribution is 2.22. The lowest BCUT2D eigenvalue weighted by Gasteiger charge is -2.04. The zero-order chi connectivity index (χ0) is 12.7. The van der Waals surface area contributed by atoms with Crippen molar-refractivity contribution in [2.24, 2.45) is 4.99 Å². The van der Waals surface area contributed by atoms with Crippen molar-refractivity contribution in [3.8, 4) is 0 Å². The van der Waals surface area contributed by atoms with E-state index in [0.717, 1.165) is 37.4 Å². The quantitative estimate of drug-likeness (QED) is 0.609. The molecule has 0 radical (unpaired) electrons. The third-order valence-corrected chi connectivity index (χ3v) is 2.63. The van der Waals surface area contributed by atoms with Gasteiger partial charge >= 0.3 is 0 Å². The molecule has 0 atom stereocenters. The van der Waals surface area contributed by atoms with Crippen LogP contribution in [-0.2, 0) is 17.6 Å². The Bertz CT molecular complexity index is 369. The molecule has 0 aliphatic rings. The molecule has 4 nitrogen and oxygen atoms in total. The van der Waals surface area contributed by atoms with Gasteiger partial charge in [-0.15, -0.1) is 0 Å². The van der Waals surface area contributed by atoms with Crippen molar-refractivity contribution in [3.63, 3.8) is 0 Å². The van der Waals surface area contributed by atoms with E-state index in [-0.39, 0.29) is 0 Å². The summed E-state index contributed by atoms with van der Waals surface area (Å²) in [6, 6.07) is 0. The van der Waals surface area contributed by atoms with Gasteiger partial charge in [0.1, 0.15) is 0 Å². The summed E-state index contributed by atoms with van der Waals surface area (Å²) >= 11 is 0. The molecule has 0 fully saturated rings. The van der Waals surface area contributed by atoms with E-state index in [2.05, 4.69) is 29.0 Å². The van der Waals surface area contributed by atoms with Gasteiger partial charge in [-0.05, 0) is 19.8 Å². The molecule has 0 aliphatic carbocycles. The Balaban J connectivity index is 2.96. The summed E-state index contributed by atoms with van der Waals surface area (Å²) in [4.78, 5) is 4.49. The van der Waals surface area contributed by atoms with Crippen molar-refractivity contribution >= 4 is 11.7 Å². The number of H-pyrrole nitrogens is 1. The lowest BCUT2D eigenvalue weighted by atomic mass is 10.1. The van der Waals surface area contributed by atoms with Crippen LogP contribution in [0.5, 0.6) is 0 Å². The van der Waals surface area contributed by atoms with E-state index in [1.54, 1.807) is 0 Å². The lowest BCUT2D eigenvalue weighted by molar-refractivity contribution is 0.319. The zero-order valence-electron chi connectivity index (χ0n) is 11.3. The van der Waals surface area contributed by atoms with Crippen LogP contribution in [0.1, 0.15) is 51.8 Å². The fraction of sp³-hybridized carbons (Fsp3) is 0.692. The first kappa shape index (κ1) is 13.7. The van der Waals surface area contributed by atoms with Crippen LogP contribution in [0.4, 0.5) is 5.82 Å². The molecule has 17 heavy (non-hydrogen) atoms. The smallest absolute Gasteiger partial charge is 0.189 e. The number of aliphatic imine (C=N–C) groups is 1. The highest BCUT2D eigenvalue weighted by atomic mass is 16.5. The van der Waals surface area contributed by atoms with Crippen molar-refractivity contribution in [1.29, 1.82) is 0 Å². The van der Waals surface area contributed by atoms with Crippen molar-refractivity contribution < 1.29 is 4.74 Å². The Kier molecular flexibility index (Phi) is 5.73. The van der Waals surface area contributed by atoms with Gasteiger partial charge in [0.15, 0.2) is 11.7 Å². The van der Waals surface area contributed by atoms with E-state index in [1.165, 1.54) is 11.3 Å². The average molecular weight is 237 g/mol. The predicted molar refractivity (Wildman–Crippen MR) is 71.0 cm³/mol. The van der Waals surface area contributed by atoms with Crippen molar-refractivity contribution in [2.45, 2.75) is 53.4 Å². The number of aryl methyl sites for hydroxylation is 1. The molecule has 0 aromatic carbocycles. The van der Waals surface area contributed by atoms with Crippen LogP contribution < -0.4 is 0 Å². The van der Waals surface area contributed by atoms with E-state index < -0.39 is 0 Å². The number of hydrogen-bond donors (Lipinski definition) is 1. The van der Waals surface area contributed by atoms with Gasteiger partial charge in [0, 0.05) is 17.7 Å². The van der Waals surface area contributed by atoms with Crippen LogP contribution in [0.25, 0.3) is 0 Å². The molecule has 4 heteroatoms. The summed E-state index contributed by atoms with van der Waals surface area (Å²) in [5, 5.41) is 7.37. The number of hydrogen-bond acceptors (Lipinski definition) is 3. The Morgan fingerprint density at radius 2 is 2.06 bits per heavy atom. The predicted octanol–water partition coefficient (Wildman–Crippen LogP) is 3.40. The summed E-state index contributed by atoms with van der Waals surface area (Å²) in [6.45, 7) is 8.97. The van der Waals surface area contributed by atoms with Gasteiger partial charge in [0.05, 0.1) is 6.61 Å². The fourth-order valence-corrected chi connectivity index (χ4v) is 1.81. The Hall–Kier alpha value is -1.32. The Morgan fingerprint density at radius 3 is 2.59 bits per heavy atom. The minimum atomic E-state index is 0.653. The SMILES string of the molecule is CCCc1[nH]nc(N=C(CC)OCC)c1CC. The third-order valence-electron chi connectivity index (χ3n) is 2.63. The molecule has 0 aliphatic heterocycles. The molecule has 0 unspecified atom stereocenters. The standard InChI is InChI=1S/C13H23N3O/c1-5-9-11-10(6-2)13(16-15-11)14-12(7-3)17-8-4/h5-9H2,1-4H3,(H,15,16). The number of nitrogens with zero attached hydrogens (tertiary/aromatic N) is 2. The maximum absolute atomic E-state index is 5.46. The largest absolute Gasteiger partial charge is 0.481 e. The summed E-state index contributed by atoms with van der Waals surface area (Å²) in [5.41, 5.74) is 2.43. The van der Waals surface area contributed by atoms with Crippen molar-refractivity contribution in [2.75, 3.05) is 6.61 Å². The molecule has 1 heterocycles. The van der Waals surface area contributed by atoms with E-state index in [4.69, 9.17) is 4.74 Å². The lowest BCUT2D eigenvalue weighted by Crippen LogP contribution is -2.02. The molecule has 0 spiro atoms. The molecule has 1 aromatic heterocycles. The van der Waals surface area contributed by atoms with Crippen LogP contribution in [0.3, 0.4) is 0 Å². The molecule has 1 aromatic rings. The molecular formula is C13H23N3O. The van der Waals surface area contributed by atoms with Crippen LogP contribution in [0.2, 0.25) is 0 Å². The van der Waals surface area contributed by atoms with E-state index >= 15 is 0 Å². The monoisotopic (exact) mass is 237 g/mol. The molecule has 1 rings (SSSR count). The number of aromatic amines is 1. The highest BCUT2D eigenvalue weighted by molar-refractivity contribution is 5.78. The Morgan fingerprint density at radius 1 is 1.29 bits per heavy atom. The first-order chi connectivity index (χ1) is 8.26. The maximum Gasteiger partial charge on any atom is 0.189 e. The third kappa shape index (κ3) is 3.58. The van der Waals surface area contributed by atoms with Crippen LogP contribution in [0.15, 0.2) is 4.99 Å². The molecule has 0 saturated carbocycles. The number of nitrogens with one attached hydrogen (secondary N) is 1. The zero-order valence-corrected chi connectivity index (χ0v) is 11.3. The molecule has 96 valence electrons. The number of rotatable bonds is 6. The van der Waals surface area contributed by atoms with E-state index in [1.807, 2.05) is 13.8 Å². The normalized spacial score (nSPS) is 11.9. The van der Waals surface area contributed by atoms with Gasteiger partial charge in [0.25, 0.3) is 0 Å². The summed E-state index contributed by atoms with van der Waals surface area (Å²) in [6.07, 6.45) is 3.90. The number of ether oxygens (including phenoxy) is 1. The van der Waals surface area contributed by atoms with Gasteiger partial charge in [-0.2, -0.15) is 10.1 Å². The second kappa shape index (κ2) is 7.09. The summed E-state index contributed by atoms with van der Waals surface area (Å²) in [7, 11) is 0. The second-order valence-electron chi connectivity index (χ2n) is 3.90. The van der Waals surface area contributed by atoms with Gasteiger partial charge in [0.2, 0.25) is 0 Å². The first-order valence-corrected chi connectivity index (χ1v) is 6.53. The van der Waals surface area contributed by atoms with Crippen molar-refractivity contribution in [3.05, 3.63) is 11.3 Å². The minimum Gasteiger partial charge on any atom is -0.481 e. The van der Waals surface area contributed by atoms with Gasteiger partial charge < -0.3 is 4.74 Å². The molecule has 0 saturated heterocycles. The number of aromatic nitrogens is 2. The summed E-state index contributed by atoms with van der Waals surface area (Å²) in [5.74, 6) is 1.55. The summed E-state index contributed by atoms with van der Waals surface area (Å²) < 4.78 is 5.46. The van der Waals surface area contributed by atoms with E-state index in [9.17, 15) is 0 Å².